The van der Waals surface area contributed by atoms with Crippen molar-refractivity contribution in [3.8, 4) is 0 Å². The molecule has 2 atom stereocenters. The van der Waals surface area contributed by atoms with Crippen LogP contribution in [0.4, 0.5) is 5.00 Å². The predicted molar refractivity (Wildman–Crippen MR) is 68.3 cm³/mol. The van der Waals surface area contributed by atoms with Crippen LogP contribution in [0.25, 0.3) is 0 Å². The summed E-state index contributed by atoms with van der Waals surface area (Å²) in [5.41, 5.74) is 0. The minimum atomic E-state index is -0.322. The zero-order valence-corrected chi connectivity index (χ0v) is 10.9. The van der Waals surface area contributed by atoms with E-state index >= 15 is 0 Å². The van der Waals surface area contributed by atoms with E-state index in [0.29, 0.717) is 12.1 Å². The minimum absolute atomic E-state index is 0.233. The largest absolute Gasteiger partial charge is 0.324 e. The Balaban J connectivity index is 1.97. The molecule has 0 amide bonds. The van der Waals surface area contributed by atoms with Gasteiger partial charge in [0.1, 0.15) is 0 Å². The van der Waals surface area contributed by atoms with Crippen LogP contribution in [0.15, 0.2) is 12.1 Å². The Hall–Kier alpha value is -0.980. The summed E-state index contributed by atoms with van der Waals surface area (Å²) in [6.45, 7) is 7.14. The average Bonchev–Trinajstić information content (AvgIpc) is 2.64. The lowest BCUT2D eigenvalue weighted by Crippen LogP contribution is -2.53. The molecular weight excluding hydrogens is 238 g/mol. The fourth-order valence-electron chi connectivity index (χ4n) is 2.34. The van der Waals surface area contributed by atoms with Gasteiger partial charge in [-0.1, -0.05) is 11.3 Å². The molecule has 5 nitrogen and oxygen atoms in total. The molecule has 1 saturated heterocycles. The summed E-state index contributed by atoms with van der Waals surface area (Å²) in [4.78, 5) is 13.7. The molecule has 1 aliphatic rings. The summed E-state index contributed by atoms with van der Waals surface area (Å²) in [5, 5.41) is 14.3. The number of hydrogen-bond donors (Lipinski definition) is 1. The molecule has 1 aromatic heterocycles. The van der Waals surface area contributed by atoms with Crippen molar-refractivity contribution in [1.29, 1.82) is 0 Å². The van der Waals surface area contributed by atoms with Crippen LogP contribution >= 0.6 is 11.3 Å². The highest BCUT2D eigenvalue weighted by Gasteiger charge is 2.21. The third-order valence-electron chi connectivity index (χ3n) is 2.84. The zero-order chi connectivity index (χ0) is 12.4. The quantitative estimate of drug-likeness (QED) is 0.661. The molecule has 1 N–H and O–H groups in total. The lowest BCUT2D eigenvalue weighted by atomic mass is 10.1. The molecular formula is C11H17N3O2S. The van der Waals surface area contributed by atoms with Crippen LogP contribution in [-0.4, -0.2) is 35.0 Å². The van der Waals surface area contributed by atoms with Crippen molar-refractivity contribution < 1.29 is 4.92 Å². The first kappa shape index (κ1) is 12.5. The number of thiophene rings is 1. The Bertz CT molecular complexity index is 397. The average molecular weight is 255 g/mol. The zero-order valence-electron chi connectivity index (χ0n) is 10.0. The van der Waals surface area contributed by atoms with Gasteiger partial charge in [0.05, 0.1) is 4.92 Å². The molecule has 0 spiro atoms. The second-order valence-electron chi connectivity index (χ2n) is 4.66. The van der Waals surface area contributed by atoms with Crippen LogP contribution < -0.4 is 5.32 Å². The normalized spacial score (nSPS) is 26.0. The Labute approximate surface area is 105 Å². The maximum atomic E-state index is 10.6. The summed E-state index contributed by atoms with van der Waals surface area (Å²) >= 11 is 1.28. The molecule has 2 heterocycles. The Morgan fingerprint density at radius 2 is 2.12 bits per heavy atom. The molecule has 1 fully saturated rings. The van der Waals surface area contributed by atoms with Crippen molar-refractivity contribution in [2.45, 2.75) is 32.5 Å². The number of nitrogens with one attached hydrogen (secondary N) is 1. The van der Waals surface area contributed by atoms with E-state index in [9.17, 15) is 10.1 Å². The summed E-state index contributed by atoms with van der Waals surface area (Å²) in [6, 6.07) is 4.41. The van der Waals surface area contributed by atoms with Gasteiger partial charge in [-0.15, -0.1) is 0 Å². The first-order valence-corrected chi connectivity index (χ1v) is 6.57. The van der Waals surface area contributed by atoms with E-state index in [1.807, 2.05) is 6.07 Å². The maximum absolute atomic E-state index is 10.6. The molecule has 0 bridgehead atoms. The third kappa shape index (κ3) is 3.24. The Kier molecular flexibility index (Phi) is 3.76. The van der Waals surface area contributed by atoms with Gasteiger partial charge < -0.3 is 5.32 Å². The van der Waals surface area contributed by atoms with Gasteiger partial charge in [-0.3, -0.25) is 15.0 Å². The SMILES string of the molecule is CC1CN(Cc2ccc([N+](=O)[O-])s2)CC(C)N1. The van der Waals surface area contributed by atoms with Gasteiger partial charge in [0.25, 0.3) is 0 Å². The lowest BCUT2D eigenvalue weighted by Gasteiger charge is -2.35. The molecule has 0 saturated carbocycles. The van der Waals surface area contributed by atoms with E-state index in [2.05, 4.69) is 24.1 Å². The fourth-order valence-corrected chi connectivity index (χ4v) is 3.20. The first-order valence-electron chi connectivity index (χ1n) is 5.76. The summed E-state index contributed by atoms with van der Waals surface area (Å²) in [5.74, 6) is 0. The highest BCUT2D eigenvalue weighted by atomic mass is 32.1. The van der Waals surface area contributed by atoms with Crippen molar-refractivity contribution in [3.63, 3.8) is 0 Å². The van der Waals surface area contributed by atoms with E-state index in [0.717, 1.165) is 24.5 Å². The van der Waals surface area contributed by atoms with E-state index in [-0.39, 0.29) is 9.92 Å². The van der Waals surface area contributed by atoms with Crippen molar-refractivity contribution in [2.75, 3.05) is 13.1 Å². The van der Waals surface area contributed by atoms with Crippen LogP contribution in [0.2, 0.25) is 0 Å². The van der Waals surface area contributed by atoms with Crippen LogP contribution in [0.5, 0.6) is 0 Å². The number of rotatable bonds is 3. The van der Waals surface area contributed by atoms with Gasteiger partial charge in [0, 0.05) is 42.7 Å². The second-order valence-corrected chi connectivity index (χ2v) is 5.81. The highest BCUT2D eigenvalue weighted by Crippen LogP contribution is 2.25. The number of piperazine rings is 1. The van der Waals surface area contributed by atoms with Gasteiger partial charge in [-0.2, -0.15) is 0 Å². The molecule has 17 heavy (non-hydrogen) atoms. The summed E-state index contributed by atoms with van der Waals surface area (Å²) < 4.78 is 0. The van der Waals surface area contributed by atoms with E-state index in [1.165, 1.54) is 11.3 Å². The smallest absolute Gasteiger partial charge is 0.309 e. The van der Waals surface area contributed by atoms with E-state index in [4.69, 9.17) is 0 Å². The number of hydrogen-bond acceptors (Lipinski definition) is 5. The first-order chi connectivity index (χ1) is 8.04. The third-order valence-corrected chi connectivity index (χ3v) is 3.86. The van der Waals surface area contributed by atoms with Crippen LogP contribution in [-0.2, 0) is 6.54 Å². The summed E-state index contributed by atoms with van der Waals surface area (Å²) in [7, 11) is 0. The molecule has 1 aromatic rings. The maximum Gasteiger partial charge on any atom is 0.324 e. The van der Waals surface area contributed by atoms with Crippen LogP contribution in [0.1, 0.15) is 18.7 Å². The Morgan fingerprint density at radius 3 is 2.65 bits per heavy atom. The van der Waals surface area contributed by atoms with Crippen LogP contribution in [0, 0.1) is 10.1 Å². The van der Waals surface area contributed by atoms with Gasteiger partial charge in [0.15, 0.2) is 0 Å². The van der Waals surface area contributed by atoms with Gasteiger partial charge in [-0.25, -0.2) is 0 Å². The topological polar surface area (TPSA) is 58.4 Å². The standard InChI is InChI=1S/C11H17N3O2S/c1-8-5-13(6-9(2)12-8)7-10-3-4-11(17-10)14(15)16/h3-4,8-9,12H,5-7H2,1-2H3. The second kappa shape index (κ2) is 5.12. The predicted octanol–water partition coefficient (Wildman–Crippen LogP) is 1.84. The van der Waals surface area contributed by atoms with Crippen molar-refractivity contribution in [3.05, 3.63) is 27.1 Å². The van der Waals surface area contributed by atoms with Crippen molar-refractivity contribution >= 4 is 16.3 Å². The van der Waals surface area contributed by atoms with Gasteiger partial charge in [-0.05, 0) is 19.9 Å². The number of nitro groups is 1. The highest BCUT2D eigenvalue weighted by molar-refractivity contribution is 7.15. The van der Waals surface area contributed by atoms with Crippen molar-refractivity contribution in [1.82, 2.24) is 10.2 Å². The molecule has 94 valence electrons. The fraction of sp³-hybridized carbons (Fsp3) is 0.636. The molecule has 6 heteroatoms. The van der Waals surface area contributed by atoms with E-state index < -0.39 is 0 Å². The molecule has 0 aliphatic carbocycles. The lowest BCUT2D eigenvalue weighted by molar-refractivity contribution is -0.380. The summed E-state index contributed by atoms with van der Waals surface area (Å²) in [6.07, 6.45) is 0. The molecule has 1 aliphatic heterocycles. The van der Waals surface area contributed by atoms with E-state index in [1.54, 1.807) is 6.07 Å². The van der Waals surface area contributed by atoms with Gasteiger partial charge >= 0.3 is 5.00 Å². The Morgan fingerprint density at radius 1 is 1.47 bits per heavy atom. The monoisotopic (exact) mass is 255 g/mol. The molecule has 0 radical (unpaired) electrons. The van der Waals surface area contributed by atoms with Gasteiger partial charge in [0.2, 0.25) is 0 Å². The molecule has 2 unspecified atom stereocenters. The molecule has 2 rings (SSSR count). The minimum Gasteiger partial charge on any atom is -0.309 e. The number of nitrogens with zero attached hydrogens (tertiary/aromatic N) is 2. The van der Waals surface area contributed by atoms with Crippen LogP contribution in [0.3, 0.4) is 0 Å². The molecule has 0 aromatic carbocycles. The van der Waals surface area contributed by atoms with Crippen molar-refractivity contribution in [2.24, 2.45) is 0 Å².